The minimum Gasteiger partial charge on any atom is -0.285 e. The van der Waals surface area contributed by atoms with Crippen LogP contribution in [0.2, 0.25) is 0 Å². The molecule has 0 aromatic heterocycles. The summed E-state index contributed by atoms with van der Waals surface area (Å²) in [6, 6.07) is 13.0. The van der Waals surface area contributed by atoms with Gasteiger partial charge in [-0.05, 0) is 30.0 Å². The maximum atomic E-state index is 13.0. The molecule has 0 heterocycles. The average molecular weight is 344 g/mol. The second kappa shape index (κ2) is 6.72. The van der Waals surface area contributed by atoms with Crippen LogP contribution in [0.25, 0.3) is 0 Å². The first-order valence-corrected chi connectivity index (χ1v) is 8.36. The Hall–Kier alpha value is -1.86. The van der Waals surface area contributed by atoms with Gasteiger partial charge >= 0.3 is 6.18 Å². The van der Waals surface area contributed by atoms with Crippen LogP contribution >= 0.6 is 0 Å². The summed E-state index contributed by atoms with van der Waals surface area (Å²) in [5.41, 5.74) is -0.439. The molecule has 2 aromatic carbocycles. The molecule has 1 N–H and O–H groups in total. The Morgan fingerprint density at radius 3 is 2.09 bits per heavy atom. The summed E-state index contributed by atoms with van der Waals surface area (Å²) in [7, 11) is -4.42. The van der Waals surface area contributed by atoms with Gasteiger partial charge in [-0.15, -0.1) is 0 Å². The molecule has 0 spiro atoms. The van der Waals surface area contributed by atoms with Crippen LogP contribution in [0.5, 0.6) is 0 Å². The van der Waals surface area contributed by atoms with Crippen molar-refractivity contribution in [3.05, 3.63) is 71.3 Å². The zero-order chi connectivity index (χ0) is 17.1. The highest BCUT2D eigenvalue weighted by Gasteiger charge is 2.33. The predicted molar refractivity (Wildman–Crippen MR) is 80.5 cm³/mol. The van der Waals surface area contributed by atoms with E-state index in [0.717, 1.165) is 6.07 Å². The van der Waals surface area contributed by atoms with Crippen molar-refractivity contribution in [3.8, 4) is 0 Å². The van der Waals surface area contributed by atoms with Crippen LogP contribution in [0.3, 0.4) is 0 Å². The Labute approximate surface area is 132 Å². The number of hydrogen-bond acceptors (Lipinski definition) is 2. The van der Waals surface area contributed by atoms with Gasteiger partial charge < -0.3 is 0 Å². The van der Waals surface area contributed by atoms with Gasteiger partial charge in [-0.1, -0.05) is 48.5 Å². The highest BCUT2D eigenvalue weighted by atomic mass is 32.2. The molecule has 0 saturated carbocycles. The lowest BCUT2D eigenvalue weighted by molar-refractivity contribution is -0.138. The molecular formula is C16H15F3O3S. The summed E-state index contributed by atoms with van der Waals surface area (Å²) in [6.07, 6.45) is -4.76. The number of halogens is 3. The first-order chi connectivity index (χ1) is 10.7. The largest absolute Gasteiger partial charge is 0.416 e. The van der Waals surface area contributed by atoms with Crippen LogP contribution in [-0.2, 0) is 22.7 Å². The lowest BCUT2D eigenvalue weighted by atomic mass is 9.99. The van der Waals surface area contributed by atoms with Crippen LogP contribution in [0.15, 0.2) is 54.6 Å². The number of aryl methyl sites for hydroxylation is 1. The molecule has 3 nitrogen and oxygen atoms in total. The fourth-order valence-electron chi connectivity index (χ4n) is 2.46. The van der Waals surface area contributed by atoms with Crippen molar-refractivity contribution < 1.29 is 26.1 Å². The summed E-state index contributed by atoms with van der Waals surface area (Å²) in [6.45, 7) is 0. The number of benzene rings is 2. The molecule has 124 valence electrons. The molecule has 0 fully saturated rings. The van der Waals surface area contributed by atoms with Gasteiger partial charge in [0.15, 0.2) is 0 Å². The summed E-state index contributed by atoms with van der Waals surface area (Å²) >= 11 is 0. The summed E-state index contributed by atoms with van der Waals surface area (Å²) in [5, 5.41) is -1.26. The second-order valence-electron chi connectivity index (χ2n) is 5.11. The van der Waals surface area contributed by atoms with Crippen molar-refractivity contribution in [2.75, 3.05) is 0 Å². The second-order valence-corrected chi connectivity index (χ2v) is 6.71. The van der Waals surface area contributed by atoms with Crippen molar-refractivity contribution in [2.45, 2.75) is 24.3 Å². The molecule has 0 bridgehead atoms. The van der Waals surface area contributed by atoms with E-state index in [1.54, 1.807) is 18.2 Å². The third-order valence-electron chi connectivity index (χ3n) is 3.53. The van der Waals surface area contributed by atoms with Gasteiger partial charge in [0.05, 0.1) is 5.56 Å². The molecule has 1 atom stereocenters. The van der Waals surface area contributed by atoms with E-state index in [1.165, 1.54) is 30.3 Å². The highest BCUT2D eigenvalue weighted by Crippen LogP contribution is 2.34. The quantitative estimate of drug-likeness (QED) is 0.824. The van der Waals surface area contributed by atoms with Crippen molar-refractivity contribution >= 4 is 10.1 Å². The van der Waals surface area contributed by atoms with E-state index in [4.69, 9.17) is 0 Å². The van der Waals surface area contributed by atoms with Crippen LogP contribution in [0.1, 0.15) is 28.4 Å². The molecule has 7 heteroatoms. The highest BCUT2D eigenvalue weighted by molar-refractivity contribution is 7.86. The lowest BCUT2D eigenvalue weighted by Crippen LogP contribution is -2.15. The van der Waals surface area contributed by atoms with Gasteiger partial charge in [0.1, 0.15) is 5.25 Å². The maximum absolute atomic E-state index is 13.0. The van der Waals surface area contributed by atoms with Crippen molar-refractivity contribution in [2.24, 2.45) is 0 Å². The minimum atomic E-state index is -4.50. The van der Waals surface area contributed by atoms with E-state index in [9.17, 15) is 26.1 Å². The maximum Gasteiger partial charge on any atom is 0.416 e. The molecule has 0 aliphatic rings. The van der Waals surface area contributed by atoms with E-state index in [-0.39, 0.29) is 18.4 Å². The van der Waals surface area contributed by atoms with E-state index in [0.29, 0.717) is 5.56 Å². The predicted octanol–water partition coefficient (Wildman–Crippen LogP) is 4.27. The first kappa shape index (κ1) is 17.5. The van der Waals surface area contributed by atoms with Crippen molar-refractivity contribution in [1.82, 2.24) is 0 Å². The van der Waals surface area contributed by atoms with Gasteiger partial charge in [0.2, 0.25) is 0 Å². The molecule has 0 saturated heterocycles. The third kappa shape index (κ3) is 4.56. The fourth-order valence-corrected chi connectivity index (χ4v) is 3.37. The van der Waals surface area contributed by atoms with Gasteiger partial charge in [-0.25, -0.2) is 0 Å². The Bertz CT molecular complexity index is 756. The van der Waals surface area contributed by atoms with E-state index in [2.05, 4.69) is 0 Å². The molecule has 1 unspecified atom stereocenters. The van der Waals surface area contributed by atoms with Crippen molar-refractivity contribution in [3.63, 3.8) is 0 Å². The summed E-state index contributed by atoms with van der Waals surface area (Å²) in [4.78, 5) is 0. The monoisotopic (exact) mass is 344 g/mol. The number of rotatable bonds is 5. The van der Waals surface area contributed by atoms with Gasteiger partial charge in [-0.2, -0.15) is 21.6 Å². The smallest absolute Gasteiger partial charge is 0.285 e. The lowest BCUT2D eigenvalue weighted by Gasteiger charge is -2.16. The van der Waals surface area contributed by atoms with E-state index < -0.39 is 27.1 Å². The summed E-state index contributed by atoms with van der Waals surface area (Å²) in [5.74, 6) is 0. The number of alkyl halides is 3. The summed E-state index contributed by atoms with van der Waals surface area (Å²) < 4.78 is 71.4. The molecule has 0 amide bonds. The zero-order valence-corrected chi connectivity index (χ0v) is 12.8. The first-order valence-electron chi connectivity index (χ1n) is 6.86. The molecular weight excluding hydrogens is 329 g/mol. The van der Waals surface area contributed by atoms with Gasteiger partial charge in [0.25, 0.3) is 10.1 Å². The Morgan fingerprint density at radius 2 is 1.52 bits per heavy atom. The van der Waals surface area contributed by atoms with Gasteiger partial charge in [-0.3, -0.25) is 4.55 Å². The Kier molecular flexibility index (Phi) is 5.11. The van der Waals surface area contributed by atoms with E-state index in [1.807, 2.05) is 0 Å². The fraction of sp³-hybridized carbons (Fsp3) is 0.250. The van der Waals surface area contributed by atoms with Crippen LogP contribution in [0.4, 0.5) is 13.2 Å². The minimum absolute atomic E-state index is 0.00424. The van der Waals surface area contributed by atoms with Crippen LogP contribution in [-0.4, -0.2) is 13.0 Å². The van der Waals surface area contributed by atoms with Crippen molar-refractivity contribution in [1.29, 1.82) is 0 Å². The van der Waals surface area contributed by atoms with E-state index >= 15 is 0 Å². The molecule has 0 aliphatic carbocycles. The topological polar surface area (TPSA) is 54.4 Å². The molecule has 2 rings (SSSR count). The van der Waals surface area contributed by atoms with Crippen LogP contribution in [0, 0.1) is 0 Å². The molecule has 23 heavy (non-hydrogen) atoms. The average Bonchev–Trinajstić information content (AvgIpc) is 2.46. The molecule has 2 aromatic rings. The normalized spacial score (nSPS) is 13.7. The zero-order valence-electron chi connectivity index (χ0n) is 12.0. The van der Waals surface area contributed by atoms with Gasteiger partial charge in [0, 0.05) is 0 Å². The molecule has 0 aliphatic heterocycles. The third-order valence-corrected chi connectivity index (χ3v) is 4.76. The Morgan fingerprint density at radius 1 is 0.957 bits per heavy atom. The standard InChI is InChI=1S/C16H15F3O3S/c17-16(18,19)14-9-5-4-6-12(14)10-11-15(23(20,21)22)13-7-2-1-3-8-13/h1-9,15H,10-11H2,(H,20,21,22). The molecule has 0 radical (unpaired) electrons. The SMILES string of the molecule is O=S(=O)(O)C(CCc1ccccc1C(F)(F)F)c1ccccc1. The number of hydrogen-bond donors (Lipinski definition) is 1. The Balaban J connectivity index is 2.28. The van der Waals surface area contributed by atoms with Crippen LogP contribution < -0.4 is 0 Å².